The van der Waals surface area contributed by atoms with Gasteiger partial charge in [0.2, 0.25) is 0 Å². The lowest BCUT2D eigenvalue weighted by atomic mass is 10.1. The molecule has 0 radical (unpaired) electrons. The van der Waals surface area contributed by atoms with E-state index in [4.69, 9.17) is 4.42 Å². The normalized spacial score (nSPS) is 11.3. The van der Waals surface area contributed by atoms with Gasteiger partial charge in [0.25, 0.3) is 5.91 Å². The number of fused-ring (bicyclic) bond motifs is 1. The van der Waals surface area contributed by atoms with Crippen LogP contribution in [0.2, 0.25) is 0 Å². The van der Waals surface area contributed by atoms with Crippen LogP contribution in [0, 0.1) is 0 Å². The van der Waals surface area contributed by atoms with Crippen LogP contribution >= 0.6 is 0 Å². The first kappa shape index (κ1) is 15.3. The molecule has 0 spiro atoms. The van der Waals surface area contributed by atoms with Crippen LogP contribution in [-0.2, 0) is 13.0 Å². The summed E-state index contributed by atoms with van der Waals surface area (Å²) in [5.74, 6) is 0.561. The van der Waals surface area contributed by atoms with E-state index in [1.165, 1.54) is 18.2 Å². The SMILES string of the molecule is CCc1ccc2occ(C(=O)NCc3ncnn3C(C)C)c2c1. The summed E-state index contributed by atoms with van der Waals surface area (Å²) >= 11 is 0. The van der Waals surface area contributed by atoms with Crippen molar-refractivity contribution in [2.75, 3.05) is 0 Å². The number of carbonyl (C=O) groups excluding carboxylic acids is 1. The summed E-state index contributed by atoms with van der Waals surface area (Å²) in [4.78, 5) is 16.7. The van der Waals surface area contributed by atoms with Gasteiger partial charge in [0.15, 0.2) is 0 Å². The number of rotatable bonds is 5. The molecule has 1 amide bonds. The maximum Gasteiger partial charge on any atom is 0.255 e. The molecule has 3 aromatic rings. The van der Waals surface area contributed by atoms with Crippen LogP contribution in [0.15, 0.2) is 35.2 Å². The smallest absolute Gasteiger partial charge is 0.255 e. The summed E-state index contributed by atoms with van der Waals surface area (Å²) in [6.45, 7) is 6.46. The highest BCUT2D eigenvalue weighted by molar-refractivity contribution is 6.06. The highest BCUT2D eigenvalue weighted by Crippen LogP contribution is 2.23. The van der Waals surface area contributed by atoms with Crippen molar-refractivity contribution < 1.29 is 9.21 Å². The van der Waals surface area contributed by atoms with Gasteiger partial charge in [-0.25, -0.2) is 9.67 Å². The van der Waals surface area contributed by atoms with Gasteiger partial charge < -0.3 is 9.73 Å². The Morgan fingerprint density at radius 2 is 2.22 bits per heavy atom. The van der Waals surface area contributed by atoms with Crippen LogP contribution in [0.1, 0.15) is 48.6 Å². The predicted octanol–water partition coefficient (Wildman–Crippen LogP) is 3.10. The second-order valence-corrected chi connectivity index (χ2v) is 5.73. The average molecular weight is 312 g/mol. The number of benzene rings is 1. The van der Waals surface area contributed by atoms with Crippen molar-refractivity contribution in [3.63, 3.8) is 0 Å². The monoisotopic (exact) mass is 312 g/mol. The molecule has 0 saturated carbocycles. The van der Waals surface area contributed by atoms with E-state index in [1.54, 1.807) is 4.68 Å². The number of nitrogens with zero attached hydrogens (tertiary/aromatic N) is 3. The fourth-order valence-electron chi connectivity index (χ4n) is 2.56. The first-order valence-corrected chi connectivity index (χ1v) is 7.76. The molecule has 0 fully saturated rings. The predicted molar refractivity (Wildman–Crippen MR) is 87.2 cm³/mol. The quantitative estimate of drug-likeness (QED) is 0.785. The molecule has 1 N–H and O–H groups in total. The van der Waals surface area contributed by atoms with Gasteiger partial charge in [-0.15, -0.1) is 0 Å². The topological polar surface area (TPSA) is 73.0 Å². The van der Waals surface area contributed by atoms with Crippen molar-refractivity contribution >= 4 is 16.9 Å². The minimum atomic E-state index is -0.171. The Bertz CT molecular complexity index is 832. The molecule has 6 heteroatoms. The summed E-state index contributed by atoms with van der Waals surface area (Å²) in [7, 11) is 0. The van der Waals surface area contributed by atoms with Crippen molar-refractivity contribution in [1.82, 2.24) is 20.1 Å². The maximum atomic E-state index is 12.5. The van der Waals surface area contributed by atoms with Gasteiger partial charge in [-0.3, -0.25) is 4.79 Å². The number of aromatic nitrogens is 3. The van der Waals surface area contributed by atoms with Gasteiger partial charge >= 0.3 is 0 Å². The number of nitrogens with one attached hydrogen (secondary N) is 1. The molecule has 0 saturated heterocycles. The third-order valence-electron chi connectivity index (χ3n) is 3.83. The van der Waals surface area contributed by atoms with Crippen molar-refractivity contribution in [3.05, 3.63) is 47.7 Å². The summed E-state index contributed by atoms with van der Waals surface area (Å²) in [5, 5.41) is 7.89. The Kier molecular flexibility index (Phi) is 4.14. The highest BCUT2D eigenvalue weighted by atomic mass is 16.3. The Morgan fingerprint density at radius 1 is 1.39 bits per heavy atom. The van der Waals surface area contributed by atoms with E-state index in [0.29, 0.717) is 12.1 Å². The van der Waals surface area contributed by atoms with Crippen molar-refractivity contribution in [1.29, 1.82) is 0 Å². The van der Waals surface area contributed by atoms with Gasteiger partial charge in [-0.1, -0.05) is 13.0 Å². The molecule has 3 rings (SSSR count). The lowest BCUT2D eigenvalue weighted by Crippen LogP contribution is -2.25. The number of furan rings is 1. The average Bonchev–Trinajstić information content (AvgIpc) is 3.18. The zero-order chi connectivity index (χ0) is 16.4. The number of carbonyl (C=O) groups is 1. The van der Waals surface area contributed by atoms with E-state index in [0.717, 1.165) is 23.2 Å². The minimum absolute atomic E-state index is 0.171. The van der Waals surface area contributed by atoms with Crippen LogP contribution in [0.25, 0.3) is 11.0 Å². The van der Waals surface area contributed by atoms with Gasteiger partial charge in [0, 0.05) is 11.4 Å². The molecular weight excluding hydrogens is 292 g/mol. The summed E-state index contributed by atoms with van der Waals surface area (Å²) in [5.41, 5.74) is 2.44. The van der Waals surface area contributed by atoms with Crippen molar-refractivity contribution in [3.8, 4) is 0 Å². The molecular formula is C17H20N4O2. The number of amides is 1. The second-order valence-electron chi connectivity index (χ2n) is 5.73. The third-order valence-corrected chi connectivity index (χ3v) is 3.83. The third kappa shape index (κ3) is 2.97. The largest absolute Gasteiger partial charge is 0.463 e. The molecule has 0 aliphatic carbocycles. The zero-order valence-corrected chi connectivity index (χ0v) is 13.5. The van der Waals surface area contributed by atoms with E-state index in [-0.39, 0.29) is 11.9 Å². The molecule has 23 heavy (non-hydrogen) atoms. The summed E-state index contributed by atoms with van der Waals surface area (Å²) in [6.07, 6.45) is 3.93. The number of hydrogen-bond donors (Lipinski definition) is 1. The van der Waals surface area contributed by atoms with Crippen LogP contribution in [0.3, 0.4) is 0 Å². The van der Waals surface area contributed by atoms with Crippen molar-refractivity contribution in [2.45, 2.75) is 39.8 Å². The van der Waals surface area contributed by atoms with Gasteiger partial charge in [0.1, 0.15) is 24.0 Å². The lowest BCUT2D eigenvalue weighted by molar-refractivity contribution is 0.0950. The molecule has 0 unspecified atom stereocenters. The van der Waals surface area contributed by atoms with E-state index >= 15 is 0 Å². The van der Waals surface area contributed by atoms with Crippen LogP contribution < -0.4 is 5.32 Å². The fraction of sp³-hybridized carbons (Fsp3) is 0.353. The van der Waals surface area contributed by atoms with E-state index in [2.05, 4.69) is 22.3 Å². The maximum absolute atomic E-state index is 12.5. The van der Waals surface area contributed by atoms with E-state index in [1.807, 2.05) is 32.0 Å². The lowest BCUT2D eigenvalue weighted by Gasteiger charge is -2.09. The van der Waals surface area contributed by atoms with Crippen LogP contribution in [0.4, 0.5) is 0 Å². The first-order valence-electron chi connectivity index (χ1n) is 7.76. The zero-order valence-electron chi connectivity index (χ0n) is 13.5. The Labute approximate surface area is 134 Å². The highest BCUT2D eigenvalue weighted by Gasteiger charge is 2.15. The number of hydrogen-bond acceptors (Lipinski definition) is 4. The molecule has 120 valence electrons. The molecule has 2 heterocycles. The van der Waals surface area contributed by atoms with E-state index < -0.39 is 0 Å². The van der Waals surface area contributed by atoms with E-state index in [9.17, 15) is 4.79 Å². The van der Waals surface area contributed by atoms with Gasteiger partial charge in [-0.2, -0.15) is 5.10 Å². The minimum Gasteiger partial charge on any atom is -0.463 e. The fourth-order valence-corrected chi connectivity index (χ4v) is 2.56. The van der Waals surface area contributed by atoms with Gasteiger partial charge in [-0.05, 0) is 38.0 Å². The molecule has 6 nitrogen and oxygen atoms in total. The number of aryl methyl sites for hydroxylation is 1. The summed E-state index contributed by atoms with van der Waals surface area (Å²) in [6, 6.07) is 6.12. The Balaban J connectivity index is 1.79. The Morgan fingerprint density at radius 3 is 2.96 bits per heavy atom. The standard InChI is InChI=1S/C17H20N4O2/c1-4-12-5-6-15-13(7-12)14(9-23-15)17(22)18-8-16-19-10-20-21(16)11(2)3/h5-7,9-11H,4,8H2,1-3H3,(H,18,22). The first-order chi connectivity index (χ1) is 11.1. The summed E-state index contributed by atoms with van der Waals surface area (Å²) < 4.78 is 7.27. The van der Waals surface area contributed by atoms with Crippen molar-refractivity contribution in [2.24, 2.45) is 0 Å². The van der Waals surface area contributed by atoms with Gasteiger partial charge in [0.05, 0.1) is 12.1 Å². The molecule has 0 aliphatic rings. The second kappa shape index (κ2) is 6.24. The molecule has 1 aromatic carbocycles. The molecule has 0 aliphatic heterocycles. The van der Waals surface area contributed by atoms with Crippen LogP contribution in [0.5, 0.6) is 0 Å². The van der Waals surface area contributed by atoms with Crippen LogP contribution in [-0.4, -0.2) is 20.7 Å². The molecule has 0 bridgehead atoms. The Hall–Kier alpha value is -2.63. The molecule has 2 aromatic heterocycles. The molecule has 0 atom stereocenters.